The second-order valence-corrected chi connectivity index (χ2v) is 6.56. The standard InChI is InChI=1S/C16H13Cl2NOS/c17-11-7-8-14(12(18)10-11)20-9-3-6-16-19-13-4-1-2-5-15(13)21-16/h1-2,4-5,7-8,10H,3,6,9H2. The summed E-state index contributed by atoms with van der Waals surface area (Å²) in [7, 11) is 0. The van der Waals surface area contributed by atoms with Gasteiger partial charge in [0.2, 0.25) is 0 Å². The molecule has 0 unspecified atom stereocenters. The van der Waals surface area contributed by atoms with E-state index >= 15 is 0 Å². The van der Waals surface area contributed by atoms with Gasteiger partial charge in [0.15, 0.2) is 0 Å². The van der Waals surface area contributed by atoms with Crippen LogP contribution in [0.2, 0.25) is 10.0 Å². The van der Waals surface area contributed by atoms with Crippen LogP contribution >= 0.6 is 34.5 Å². The summed E-state index contributed by atoms with van der Waals surface area (Å²) in [5.74, 6) is 0.672. The third-order valence-electron chi connectivity index (χ3n) is 3.02. The predicted octanol–water partition coefficient (Wildman–Crippen LogP) is 5.61. The minimum absolute atomic E-state index is 0.544. The summed E-state index contributed by atoms with van der Waals surface area (Å²) >= 11 is 13.6. The summed E-state index contributed by atoms with van der Waals surface area (Å²) in [6.45, 7) is 0.608. The van der Waals surface area contributed by atoms with Crippen LogP contribution < -0.4 is 4.74 Å². The van der Waals surface area contributed by atoms with Crippen molar-refractivity contribution in [3.63, 3.8) is 0 Å². The molecule has 3 rings (SSSR count). The molecular formula is C16H13Cl2NOS. The van der Waals surface area contributed by atoms with E-state index in [1.807, 2.05) is 18.2 Å². The van der Waals surface area contributed by atoms with E-state index in [9.17, 15) is 0 Å². The summed E-state index contributed by atoms with van der Waals surface area (Å²) in [5.41, 5.74) is 1.07. The van der Waals surface area contributed by atoms with E-state index < -0.39 is 0 Å². The molecule has 1 heterocycles. The number of ether oxygens (including phenoxy) is 1. The van der Waals surface area contributed by atoms with Gasteiger partial charge in [-0.05, 0) is 36.8 Å². The number of hydrogen-bond donors (Lipinski definition) is 0. The summed E-state index contributed by atoms with van der Waals surface area (Å²) < 4.78 is 6.90. The van der Waals surface area contributed by atoms with Crippen LogP contribution in [0.15, 0.2) is 42.5 Å². The number of benzene rings is 2. The zero-order chi connectivity index (χ0) is 14.7. The van der Waals surface area contributed by atoms with Crippen LogP contribution in [0.25, 0.3) is 10.2 Å². The lowest BCUT2D eigenvalue weighted by Crippen LogP contribution is -1.99. The Kier molecular flexibility index (Phi) is 4.63. The molecule has 5 heteroatoms. The molecule has 0 aliphatic heterocycles. The fourth-order valence-electron chi connectivity index (χ4n) is 2.02. The largest absolute Gasteiger partial charge is 0.492 e. The Balaban J connectivity index is 1.54. The Morgan fingerprint density at radius 2 is 1.95 bits per heavy atom. The highest BCUT2D eigenvalue weighted by Crippen LogP contribution is 2.28. The molecule has 0 fully saturated rings. The molecule has 0 amide bonds. The van der Waals surface area contributed by atoms with Gasteiger partial charge in [-0.15, -0.1) is 11.3 Å². The van der Waals surface area contributed by atoms with Gasteiger partial charge in [0, 0.05) is 11.4 Å². The molecule has 0 aliphatic rings. The highest BCUT2D eigenvalue weighted by molar-refractivity contribution is 7.18. The minimum Gasteiger partial charge on any atom is -0.492 e. The molecule has 2 nitrogen and oxygen atoms in total. The maximum Gasteiger partial charge on any atom is 0.137 e. The molecule has 21 heavy (non-hydrogen) atoms. The number of aromatic nitrogens is 1. The first-order valence-corrected chi connectivity index (χ1v) is 8.22. The van der Waals surface area contributed by atoms with Gasteiger partial charge < -0.3 is 4.74 Å². The van der Waals surface area contributed by atoms with E-state index in [-0.39, 0.29) is 0 Å². The Hall–Kier alpha value is -1.29. The second-order valence-electron chi connectivity index (χ2n) is 4.60. The van der Waals surface area contributed by atoms with Crippen LogP contribution in [-0.2, 0) is 6.42 Å². The number of rotatable bonds is 5. The number of aryl methyl sites for hydroxylation is 1. The zero-order valence-corrected chi connectivity index (χ0v) is 13.5. The van der Waals surface area contributed by atoms with Gasteiger partial charge in [0.1, 0.15) is 5.75 Å². The molecule has 2 aromatic carbocycles. The van der Waals surface area contributed by atoms with Crippen LogP contribution in [0.1, 0.15) is 11.4 Å². The van der Waals surface area contributed by atoms with Crippen molar-refractivity contribution >= 4 is 44.8 Å². The Morgan fingerprint density at radius 1 is 1.10 bits per heavy atom. The molecule has 0 aliphatic carbocycles. The second kappa shape index (κ2) is 6.65. The first kappa shape index (κ1) is 14.6. The van der Waals surface area contributed by atoms with E-state index in [1.54, 1.807) is 29.5 Å². The molecular weight excluding hydrogens is 325 g/mol. The molecule has 0 radical (unpaired) electrons. The number of fused-ring (bicyclic) bond motifs is 1. The van der Waals surface area contributed by atoms with Gasteiger partial charge in [-0.2, -0.15) is 0 Å². The van der Waals surface area contributed by atoms with Crippen molar-refractivity contribution in [2.24, 2.45) is 0 Å². The molecule has 3 aromatic rings. The molecule has 108 valence electrons. The molecule has 0 saturated heterocycles. The van der Waals surface area contributed by atoms with E-state index in [0.29, 0.717) is 22.4 Å². The quantitative estimate of drug-likeness (QED) is 0.564. The van der Waals surface area contributed by atoms with E-state index in [2.05, 4.69) is 11.1 Å². The van der Waals surface area contributed by atoms with E-state index in [1.165, 1.54) is 4.70 Å². The summed E-state index contributed by atoms with van der Waals surface area (Å²) in [4.78, 5) is 4.61. The lowest BCUT2D eigenvalue weighted by molar-refractivity contribution is 0.311. The molecule has 0 bridgehead atoms. The van der Waals surface area contributed by atoms with Gasteiger partial charge in [-0.25, -0.2) is 4.98 Å². The number of halogens is 2. The van der Waals surface area contributed by atoms with E-state index in [4.69, 9.17) is 27.9 Å². The maximum absolute atomic E-state index is 6.06. The SMILES string of the molecule is Clc1ccc(OCCCc2nc3ccccc3s2)c(Cl)c1. The van der Waals surface area contributed by atoms with Gasteiger partial charge >= 0.3 is 0 Å². The molecule has 0 atom stereocenters. The molecule has 1 aromatic heterocycles. The maximum atomic E-state index is 6.06. The number of nitrogens with zero attached hydrogens (tertiary/aromatic N) is 1. The topological polar surface area (TPSA) is 22.1 Å². The number of hydrogen-bond acceptors (Lipinski definition) is 3. The smallest absolute Gasteiger partial charge is 0.137 e. The van der Waals surface area contributed by atoms with Crippen molar-refractivity contribution in [1.29, 1.82) is 0 Å². The highest BCUT2D eigenvalue weighted by Gasteiger charge is 2.05. The lowest BCUT2D eigenvalue weighted by Gasteiger charge is -2.07. The van der Waals surface area contributed by atoms with Crippen LogP contribution in [-0.4, -0.2) is 11.6 Å². The minimum atomic E-state index is 0.544. The fraction of sp³-hybridized carbons (Fsp3) is 0.188. The van der Waals surface area contributed by atoms with Crippen LogP contribution in [0.3, 0.4) is 0 Å². The van der Waals surface area contributed by atoms with Gasteiger partial charge in [0.05, 0.1) is 26.9 Å². The lowest BCUT2D eigenvalue weighted by atomic mass is 10.3. The van der Waals surface area contributed by atoms with Crippen LogP contribution in [0.5, 0.6) is 5.75 Å². The van der Waals surface area contributed by atoms with Crippen molar-refractivity contribution < 1.29 is 4.74 Å². The monoisotopic (exact) mass is 337 g/mol. The fourth-order valence-corrected chi connectivity index (χ4v) is 3.50. The average molecular weight is 338 g/mol. The number of thiazole rings is 1. The van der Waals surface area contributed by atoms with Crippen molar-refractivity contribution in [2.45, 2.75) is 12.8 Å². The molecule has 0 saturated carbocycles. The first-order valence-electron chi connectivity index (χ1n) is 6.65. The Bertz CT molecular complexity index is 724. The van der Waals surface area contributed by atoms with Gasteiger partial charge in [-0.3, -0.25) is 0 Å². The highest BCUT2D eigenvalue weighted by atomic mass is 35.5. The van der Waals surface area contributed by atoms with Crippen LogP contribution in [0, 0.1) is 0 Å². The van der Waals surface area contributed by atoms with Gasteiger partial charge in [0.25, 0.3) is 0 Å². The first-order chi connectivity index (χ1) is 10.2. The zero-order valence-electron chi connectivity index (χ0n) is 11.2. The summed E-state index contributed by atoms with van der Waals surface area (Å²) in [5, 5.41) is 2.30. The van der Waals surface area contributed by atoms with Crippen molar-refractivity contribution in [3.05, 3.63) is 57.5 Å². The Morgan fingerprint density at radius 3 is 2.76 bits per heavy atom. The number of para-hydroxylation sites is 1. The van der Waals surface area contributed by atoms with Crippen LogP contribution in [0.4, 0.5) is 0 Å². The van der Waals surface area contributed by atoms with Gasteiger partial charge in [-0.1, -0.05) is 35.3 Å². The van der Waals surface area contributed by atoms with Crippen molar-refractivity contribution in [2.75, 3.05) is 6.61 Å². The van der Waals surface area contributed by atoms with Crippen molar-refractivity contribution in [1.82, 2.24) is 4.98 Å². The normalized spacial score (nSPS) is 11.0. The predicted molar refractivity (Wildman–Crippen MR) is 89.9 cm³/mol. The summed E-state index contributed by atoms with van der Waals surface area (Å²) in [6.07, 6.45) is 1.81. The average Bonchev–Trinajstić information content (AvgIpc) is 2.88. The van der Waals surface area contributed by atoms with E-state index in [0.717, 1.165) is 23.4 Å². The summed E-state index contributed by atoms with van der Waals surface area (Å²) in [6, 6.07) is 13.4. The molecule has 0 spiro atoms. The Labute approximate surface area is 137 Å². The third-order valence-corrected chi connectivity index (χ3v) is 4.65. The third kappa shape index (κ3) is 3.67. The van der Waals surface area contributed by atoms with Crippen molar-refractivity contribution in [3.8, 4) is 5.75 Å². The molecule has 0 N–H and O–H groups in total.